The van der Waals surface area contributed by atoms with E-state index >= 15 is 0 Å². The van der Waals surface area contributed by atoms with Crippen LogP contribution in [-0.2, 0) is 16.1 Å². The summed E-state index contributed by atoms with van der Waals surface area (Å²) in [7, 11) is 1.56. The van der Waals surface area contributed by atoms with Crippen LogP contribution in [0.4, 0.5) is 0 Å². The van der Waals surface area contributed by atoms with Crippen LogP contribution in [0.3, 0.4) is 0 Å². The highest BCUT2D eigenvalue weighted by Gasteiger charge is 2.35. The number of halogens is 3. The van der Waals surface area contributed by atoms with Crippen molar-refractivity contribution < 1.29 is 19.0 Å². The van der Waals surface area contributed by atoms with Crippen LogP contribution in [0.15, 0.2) is 93.5 Å². The van der Waals surface area contributed by atoms with Gasteiger partial charge in [-0.1, -0.05) is 77.0 Å². The average Bonchev–Trinajstić information content (AvgIpc) is 3.69. The first kappa shape index (κ1) is 32.5. The molecule has 0 unspecified atom stereocenters. The molecule has 5 aromatic rings. The molecule has 0 fully saturated rings. The second-order valence-corrected chi connectivity index (χ2v) is 14.0. The Hall–Kier alpha value is -3.42. The molecule has 0 saturated heterocycles. The Morgan fingerprint density at radius 2 is 1.89 bits per heavy atom. The van der Waals surface area contributed by atoms with E-state index in [1.165, 1.54) is 22.7 Å². The van der Waals surface area contributed by atoms with Gasteiger partial charge in [-0.25, -0.2) is 9.79 Å². The molecule has 234 valence electrons. The van der Waals surface area contributed by atoms with E-state index in [-0.39, 0.29) is 18.8 Å². The van der Waals surface area contributed by atoms with E-state index in [1.54, 1.807) is 36.8 Å². The lowest BCUT2D eigenvalue weighted by atomic mass is 9.97. The number of hydrogen-bond acceptors (Lipinski definition) is 8. The number of benzene rings is 3. The van der Waals surface area contributed by atoms with Crippen LogP contribution in [0.1, 0.15) is 34.5 Å². The molecular formula is C34H25Cl2IN2O5S2. The molecule has 6 rings (SSSR count). The first-order valence-corrected chi connectivity index (χ1v) is 17.6. The van der Waals surface area contributed by atoms with Crippen LogP contribution in [0, 0.1) is 3.57 Å². The highest BCUT2D eigenvalue weighted by Crippen LogP contribution is 2.38. The molecule has 1 aliphatic heterocycles. The summed E-state index contributed by atoms with van der Waals surface area (Å²) in [5.41, 5.74) is 2.84. The zero-order valence-electron chi connectivity index (χ0n) is 24.5. The number of carbonyl (C=O) groups is 1. The van der Waals surface area contributed by atoms with Gasteiger partial charge < -0.3 is 14.2 Å². The Morgan fingerprint density at radius 3 is 2.59 bits per heavy atom. The van der Waals surface area contributed by atoms with Gasteiger partial charge in [0.05, 0.1) is 33.1 Å². The van der Waals surface area contributed by atoms with Gasteiger partial charge in [0.2, 0.25) is 0 Å². The van der Waals surface area contributed by atoms with E-state index in [2.05, 4.69) is 22.6 Å². The fraction of sp³-hybridized carbons (Fsp3) is 0.147. The SMILES string of the molecule is CCOC(=O)C1=C(c2ccccc2)N=c2s/c(=C\c3cc(I)c(OCc4ccc(Cl)cc4Cl)c(OC)c3)c(=O)n2[C@H]1c1cccs1. The van der Waals surface area contributed by atoms with Crippen molar-refractivity contribution in [3.63, 3.8) is 0 Å². The Balaban J connectivity index is 1.46. The molecule has 0 radical (unpaired) electrons. The van der Waals surface area contributed by atoms with Gasteiger partial charge in [0.15, 0.2) is 16.3 Å². The summed E-state index contributed by atoms with van der Waals surface area (Å²) in [6.07, 6.45) is 1.80. The summed E-state index contributed by atoms with van der Waals surface area (Å²) in [4.78, 5) is 33.9. The lowest BCUT2D eigenvalue weighted by Gasteiger charge is -2.24. The van der Waals surface area contributed by atoms with E-state index in [9.17, 15) is 9.59 Å². The van der Waals surface area contributed by atoms with Gasteiger partial charge in [-0.05, 0) is 76.9 Å². The number of methoxy groups -OCH3 is 1. The zero-order valence-corrected chi connectivity index (χ0v) is 29.8. The predicted molar refractivity (Wildman–Crippen MR) is 192 cm³/mol. The van der Waals surface area contributed by atoms with Crippen molar-refractivity contribution in [2.75, 3.05) is 13.7 Å². The van der Waals surface area contributed by atoms with E-state index in [1.807, 2.05) is 66.0 Å². The summed E-state index contributed by atoms with van der Waals surface area (Å²) in [6, 6.07) is 21.6. The van der Waals surface area contributed by atoms with Crippen LogP contribution < -0.4 is 24.4 Å². The monoisotopic (exact) mass is 802 g/mol. The smallest absolute Gasteiger partial charge is 0.338 e. The Labute approximate surface area is 296 Å². The van der Waals surface area contributed by atoms with Gasteiger partial charge in [0.1, 0.15) is 12.6 Å². The number of carbonyl (C=O) groups excluding carboxylic acids is 1. The summed E-state index contributed by atoms with van der Waals surface area (Å²) in [5, 5.41) is 2.98. The van der Waals surface area contributed by atoms with Crippen molar-refractivity contribution in [1.29, 1.82) is 0 Å². The fourth-order valence-electron chi connectivity index (χ4n) is 5.06. The molecule has 3 heterocycles. The van der Waals surface area contributed by atoms with Crippen molar-refractivity contribution in [3.05, 3.63) is 139 Å². The van der Waals surface area contributed by atoms with Crippen LogP contribution in [0.25, 0.3) is 11.8 Å². The summed E-state index contributed by atoms with van der Waals surface area (Å²) in [6.45, 7) is 2.17. The van der Waals surface area contributed by atoms with Gasteiger partial charge in [0, 0.05) is 26.0 Å². The predicted octanol–water partition coefficient (Wildman–Crippen LogP) is 7.50. The van der Waals surface area contributed by atoms with Crippen molar-refractivity contribution in [2.24, 2.45) is 4.99 Å². The van der Waals surface area contributed by atoms with Gasteiger partial charge >= 0.3 is 5.97 Å². The fourth-order valence-corrected chi connectivity index (χ4v) is 8.13. The van der Waals surface area contributed by atoms with Crippen molar-refractivity contribution >= 4 is 86.2 Å². The number of thiazole rings is 1. The molecule has 0 spiro atoms. The number of thiophene rings is 1. The topological polar surface area (TPSA) is 79.1 Å². The minimum absolute atomic E-state index is 0.193. The molecule has 0 N–H and O–H groups in total. The summed E-state index contributed by atoms with van der Waals surface area (Å²) in [5.74, 6) is 0.549. The van der Waals surface area contributed by atoms with Crippen molar-refractivity contribution in [2.45, 2.75) is 19.6 Å². The second-order valence-electron chi connectivity index (χ2n) is 10.0. The standard InChI is InChI=1S/C34H25Cl2IN2O5S2/c1-3-43-33(41)28-29(20-8-5-4-6-9-20)38-34-39(30(28)26-10-7-13-45-26)32(40)27(46-34)16-19-14-24(37)31(25(15-19)42-2)44-18-21-11-12-22(35)17-23(21)36/h4-17,30H,3,18H2,1-2H3/b27-16-/t30-/m0/s1. The van der Waals surface area contributed by atoms with Crippen LogP contribution in [-0.4, -0.2) is 24.3 Å². The molecule has 0 bridgehead atoms. The van der Waals surface area contributed by atoms with E-state index < -0.39 is 12.0 Å². The molecule has 3 aromatic carbocycles. The Morgan fingerprint density at radius 1 is 1.09 bits per heavy atom. The highest BCUT2D eigenvalue weighted by molar-refractivity contribution is 14.1. The van der Waals surface area contributed by atoms with Gasteiger partial charge in [-0.15, -0.1) is 11.3 Å². The summed E-state index contributed by atoms with van der Waals surface area (Å²) < 4.78 is 20.2. The van der Waals surface area contributed by atoms with Crippen LogP contribution in [0.5, 0.6) is 11.5 Å². The van der Waals surface area contributed by atoms with Gasteiger partial charge in [-0.3, -0.25) is 9.36 Å². The lowest BCUT2D eigenvalue weighted by Crippen LogP contribution is -2.39. The van der Waals surface area contributed by atoms with Gasteiger partial charge in [-0.2, -0.15) is 0 Å². The van der Waals surface area contributed by atoms with E-state index in [0.717, 1.165) is 25.1 Å². The maximum absolute atomic E-state index is 14.1. The second kappa shape index (κ2) is 14.1. The van der Waals surface area contributed by atoms with Crippen LogP contribution in [0.2, 0.25) is 10.0 Å². The molecule has 46 heavy (non-hydrogen) atoms. The third-order valence-corrected chi connectivity index (χ3v) is 10.4. The minimum atomic E-state index is -0.696. The van der Waals surface area contributed by atoms with E-state index in [4.69, 9.17) is 42.4 Å². The maximum atomic E-state index is 14.1. The third kappa shape index (κ3) is 6.54. The molecule has 1 atom stereocenters. The zero-order chi connectivity index (χ0) is 32.4. The number of fused-ring (bicyclic) bond motifs is 1. The van der Waals surface area contributed by atoms with Crippen molar-refractivity contribution in [3.8, 4) is 11.5 Å². The van der Waals surface area contributed by atoms with Crippen molar-refractivity contribution in [1.82, 2.24) is 4.57 Å². The highest BCUT2D eigenvalue weighted by atomic mass is 127. The molecule has 12 heteroatoms. The first-order valence-electron chi connectivity index (χ1n) is 14.0. The number of hydrogen-bond donors (Lipinski definition) is 0. The number of esters is 1. The molecular weight excluding hydrogens is 778 g/mol. The Bertz CT molecular complexity index is 2140. The largest absolute Gasteiger partial charge is 0.493 e. The van der Waals surface area contributed by atoms with E-state index in [0.29, 0.717) is 42.1 Å². The molecule has 2 aromatic heterocycles. The molecule has 0 aliphatic carbocycles. The molecule has 1 aliphatic rings. The quantitative estimate of drug-likeness (QED) is 0.114. The summed E-state index contributed by atoms with van der Waals surface area (Å²) >= 11 is 17.3. The molecule has 0 amide bonds. The number of rotatable bonds is 9. The van der Waals surface area contributed by atoms with Gasteiger partial charge in [0.25, 0.3) is 5.56 Å². The number of nitrogens with zero attached hydrogens (tertiary/aromatic N) is 2. The maximum Gasteiger partial charge on any atom is 0.338 e. The number of aromatic nitrogens is 1. The lowest BCUT2D eigenvalue weighted by molar-refractivity contribution is -0.138. The third-order valence-electron chi connectivity index (χ3n) is 7.12. The average molecular weight is 804 g/mol. The first-order chi connectivity index (χ1) is 22.3. The molecule has 7 nitrogen and oxygen atoms in total. The van der Waals surface area contributed by atoms with Crippen LogP contribution >= 0.6 is 68.5 Å². The normalized spacial score (nSPS) is 14.5. The Kier molecular flexibility index (Phi) is 10.00. The minimum Gasteiger partial charge on any atom is -0.493 e. The number of ether oxygens (including phenoxy) is 3. The molecule has 0 saturated carbocycles.